The maximum absolute atomic E-state index is 11.3. The molecule has 0 aromatic heterocycles. The summed E-state index contributed by atoms with van der Waals surface area (Å²) in [6, 6.07) is -1.53. The van der Waals surface area contributed by atoms with Crippen molar-refractivity contribution in [1.29, 1.82) is 0 Å². The maximum Gasteiger partial charge on any atom is 0.397 e. The van der Waals surface area contributed by atoms with Crippen molar-refractivity contribution < 1.29 is 71.6 Å². The quantitative estimate of drug-likeness (QED) is 0.159. The van der Waals surface area contributed by atoms with Gasteiger partial charge in [-0.25, -0.2) is 8.98 Å². The lowest BCUT2D eigenvalue weighted by atomic mass is 9.95. The first-order valence-corrected chi connectivity index (χ1v) is 10.1. The molecule has 2 saturated heterocycles. The van der Waals surface area contributed by atoms with Gasteiger partial charge in [-0.05, 0) is 0 Å². The fourth-order valence-corrected chi connectivity index (χ4v) is 3.41. The van der Waals surface area contributed by atoms with Gasteiger partial charge < -0.3 is 50.2 Å². The third-order valence-corrected chi connectivity index (χ3v) is 4.98. The predicted octanol–water partition coefficient (Wildman–Crippen LogP) is -5.33. The normalized spacial score (nSPS) is 41.5. The third kappa shape index (κ3) is 6.26. The molecule has 2 aliphatic rings. The predicted molar refractivity (Wildman–Crippen MR) is 91.2 cm³/mol. The molecule has 1 amide bonds. The number of carboxylic acid groups (broad SMARTS) is 1. The van der Waals surface area contributed by atoms with Crippen molar-refractivity contribution in [3.8, 4) is 0 Å². The highest BCUT2D eigenvalue weighted by molar-refractivity contribution is 7.80. The van der Waals surface area contributed by atoms with E-state index in [1.807, 2.05) is 0 Å². The summed E-state index contributed by atoms with van der Waals surface area (Å²) in [7, 11) is -4.99. The Morgan fingerprint density at radius 3 is 2.13 bits per heavy atom. The largest absolute Gasteiger partial charge is 0.479 e. The number of carboxylic acids is 1. The number of aliphatic hydroxyl groups is 5. The first-order valence-electron chi connectivity index (χ1n) is 8.71. The fraction of sp³-hybridized carbons (Fsp3) is 0.857. The summed E-state index contributed by atoms with van der Waals surface area (Å²) in [5.41, 5.74) is 0. The number of carbonyl (C=O) groups excluding carboxylic acids is 1. The maximum atomic E-state index is 11.3. The molecule has 2 aliphatic heterocycles. The number of rotatable bonds is 7. The van der Waals surface area contributed by atoms with Crippen molar-refractivity contribution in [2.24, 2.45) is 0 Å². The molecule has 17 heteroatoms. The van der Waals surface area contributed by atoms with Crippen molar-refractivity contribution in [1.82, 2.24) is 5.32 Å². The van der Waals surface area contributed by atoms with Gasteiger partial charge in [0.1, 0.15) is 42.7 Å². The van der Waals surface area contributed by atoms with Gasteiger partial charge in [0.05, 0.1) is 6.61 Å². The van der Waals surface area contributed by atoms with Crippen LogP contribution in [0.3, 0.4) is 0 Å². The van der Waals surface area contributed by atoms with Gasteiger partial charge in [-0.1, -0.05) is 0 Å². The Morgan fingerprint density at radius 2 is 1.61 bits per heavy atom. The molecule has 0 aliphatic carbocycles. The van der Waals surface area contributed by atoms with Gasteiger partial charge >= 0.3 is 16.4 Å². The first-order chi connectivity index (χ1) is 14.2. The number of nitrogens with one attached hydrogen (secondary N) is 1. The summed E-state index contributed by atoms with van der Waals surface area (Å²) in [6.45, 7) is 0.0206. The van der Waals surface area contributed by atoms with Crippen molar-refractivity contribution >= 4 is 22.3 Å². The monoisotopic (exact) mass is 477 g/mol. The van der Waals surface area contributed by atoms with Crippen LogP contribution in [0.2, 0.25) is 0 Å². The van der Waals surface area contributed by atoms with Crippen LogP contribution in [-0.4, -0.2) is 123 Å². The van der Waals surface area contributed by atoms with E-state index in [0.717, 1.165) is 6.92 Å². The number of aliphatic hydroxyl groups excluding tert-OH is 5. The Morgan fingerprint density at radius 1 is 1.00 bits per heavy atom. The van der Waals surface area contributed by atoms with Gasteiger partial charge in [-0.2, -0.15) is 8.42 Å². The number of aliphatic carboxylic acids is 1. The molecule has 2 heterocycles. The van der Waals surface area contributed by atoms with Crippen LogP contribution < -0.4 is 5.32 Å². The zero-order chi connectivity index (χ0) is 23.7. The SMILES string of the molecule is CC(=O)N[C@@H]1[C@@H](O)[C@H](O[C@@H]2O[C@H](C(=O)O)[C@@H](O)[C@H](O)[C@H]2O)[C@@H](COS(=O)(=O)O)O[C@H]1O. The minimum absolute atomic E-state index is 0.712. The average molecular weight is 477 g/mol. The highest BCUT2D eigenvalue weighted by Gasteiger charge is 2.52. The molecule has 0 spiro atoms. The van der Waals surface area contributed by atoms with E-state index in [1.54, 1.807) is 0 Å². The fourth-order valence-electron chi connectivity index (χ4n) is 3.10. The van der Waals surface area contributed by atoms with Gasteiger partial charge in [-0.3, -0.25) is 9.35 Å². The van der Waals surface area contributed by atoms with Crippen molar-refractivity contribution in [2.45, 2.75) is 68.3 Å². The summed E-state index contributed by atoms with van der Waals surface area (Å²) < 4.78 is 49.9. The van der Waals surface area contributed by atoms with E-state index in [9.17, 15) is 43.5 Å². The molecule has 31 heavy (non-hydrogen) atoms. The standard InChI is InChI=1S/C14H23NO15S/c1-3(16)15-5-6(17)10(4(28-13(5)23)2-27-31(24,25)26)29-14-9(20)7(18)8(19)11(30-14)12(21)22/h4-11,13-14,17-20,23H,2H2,1H3,(H,15,16)(H,21,22)(H,24,25,26)/t4-,5-,6-,7+,8+,9-,10-,11+,13-,14-/m1/s1. The van der Waals surface area contributed by atoms with Crippen molar-refractivity contribution in [3.05, 3.63) is 0 Å². The van der Waals surface area contributed by atoms with Crippen LogP contribution in [0.5, 0.6) is 0 Å². The summed E-state index contributed by atoms with van der Waals surface area (Å²) >= 11 is 0. The number of amides is 1. The Balaban J connectivity index is 2.28. The summed E-state index contributed by atoms with van der Waals surface area (Å²) in [5, 5.41) is 61.4. The van der Waals surface area contributed by atoms with Crippen LogP contribution in [0.15, 0.2) is 0 Å². The first kappa shape index (κ1) is 25.7. The van der Waals surface area contributed by atoms with Gasteiger partial charge in [0.2, 0.25) is 5.91 Å². The topological polar surface area (TPSA) is 259 Å². The summed E-state index contributed by atoms with van der Waals surface area (Å²) in [5.74, 6) is -2.43. The lowest BCUT2D eigenvalue weighted by Gasteiger charge is -2.46. The van der Waals surface area contributed by atoms with E-state index in [-0.39, 0.29) is 0 Å². The molecule has 0 radical (unpaired) electrons. The van der Waals surface area contributed by atoms with Crippen LogP contribution in [0.1, 0.15) is 6.92 Å². The number of carbonyl (C=O) groups is 2. The highest BCUT2D eigenvalue weighted by Crippen LogP contribution is 2.29. The molecule has 0 unspecified atom stereocenters. The van der Waals surface area contributed by atoms with Crippen LogP contribution in [0, 0.1) is 0 Å². The summed E-state index contributed by atoms with van der Waals surface area (Å²) in [6.07, 6.45) is -17.4. The lowest BCUT2D eigenvalue weighted by Crippen LogP contribution is -2.67. The molecule has 10 atom stereocenters. The molecule has 2 rings (SSSR count). The molecule has 16 nitrogen and oxygen atoms in total. The van der Waals surface area contributed by atoms with Crippen LogP contribution in [-0.2, 0) is 38.4 Å². The zero-order valence-corrected chi connectivity index (χ0v) is 16.6. The Bertz CT molecular complexity index is 761. The number of hydrogen-bond acceptors (Lipinski definition) is 13. The lowest BCUT2D eigenvalue weighted by molar-refractivity contribution is -0.339. The average Bonchev–Trinajstić information content (AvgIpc) is 2.64. The molecule has 8 N–H and O–H groups in total. The Labute approximate surface area is 174 Å². The molecule has 0 aromatic rings. The second kappa shape index (κ2) is 9.96. The molecule has 0 aromatic carbocycles. The van der Waals surface area contributed by atoms with E-state index < -0.39 is 90.2 Å². The molecular weight excluding hydrogens is 454 g/mol. The highest BCUT2D eigenvalue weighted by atomic mass is 32.3. The zero-order valence-electron chi connectivity index (χ0n) is 15.8. The Hall–Kier alpha value is -1.51. The second-order valence-electron chi connectivity index (χ2n) is 6.83. The van der Waals surface area contributed by atoms with E-state index in [4.69, 9.17) is 23.9 Å². The molecule has 2 fully saturated rings. The minimum Gasteiger partial charge on any atom is -0.479 e. The Kier molecular flexibility index (Phi) is 8.27. The third-order valence-electron chi connectivity index (χ3n) is 4.55. The second-order valence-corrected chi connectivity index (χ2v) is 7.92. The van der Waals surface area contributed by atoms with Crippen LogP contribution in [0.25, 0.3) is 0 Å². The smallest absolute Gasteiger partial charge is 0.397 e. The summed E-state index contributed by atoms with van der Waals surface area (Å²) in [4.78, 5) is 22.5. The van der Waals surface area contributed by atoms with E-state index in [0.29, 0.717) is 0 Å². The van der Waals surface area contributed by atoms with Gasteiger partial charge in [0.15, 0.2) is 18.7 Å². The molecule has 0 saturated carbocycles. The van der Waals surface area contributed by atoms with E-state index >= 15 is 0 Å². The van der Waals surface area contributed by atoms with Gasteiger partial charge in [0, 0.05) is 6.92 Å². The van der Waals surface area contributed by atoms with Gasteiger partial charge in [0.25, 0.3) is 0 Å². The van der Waals surface area contributed by atoms with Crippen molar-refractivity contribution in [3.63, 3.8) is 0 Å². The molecule has 180 valence electrons. The molecule has 0 bridgehead atoms. The number of ether oxygens (including phenoxy) is 3. The number of hydrogen-bond donors (Lipinski definition) is 8. The van der Waals surface area contributed by atoms with Crippen LogP contribution >= 0.6 is 0 Å². The van der Waals surface area contributed by atoms with Gasteiger partial charge in [-0.15, -0.1) is 0 Å². The van der Waals surface area contributed by atoms with Crippen LogP contribution in [0.4, 0.5) is 0 Å². The molecular formula is C14H23NO15S. The van der Waals surface area contributed by atoms with E-state index in [1.165, 1.54) is 0 Å². The van der Waals surface area contributed by atoms with Crippen molar-refractivity contribution in [2.75, 3.05) is 6.61 Å². The minimum atomic E-state index is -4.99. The van der Waals surface area contributed by atoms with E-state index in [2.05, 4.69) is 9.50 Å².